The number of carbonyl (C=O) groups excluding carboxylic acids is 1. The molecule has 0 radical (unpaired) electrons. The Morgan fingerprint density at radius 2 is 1.95 bits per heavy atom. The summed E-state index contributed by atoms with van der Waals surface area (Å²) in [7, 11) is 1.60. The van der Waals surface area contributed by atoms with Crippen LogP contribution in [-0.4, -0.2) is 24.2 Å². The second-order valence-corrected chi connectivity index (χ2v) is 4.59. The van der Waals surface area contributed by atoms with Gasteiger partial charge in [-0.3, -0.25) is 4.79 Å². The molecule has 0 saturated carbocycles. The van der Waals surface area contributed by atoms with E-state index in [0.29, 0.717) is 18.5 Å². The number of anilines is 1. The normalized spacial score (nSPS) is 13.7. The largest absolute Gasteiger partial charge is 0.497 e. The molecule has 4 nitrogen and oxygen atoms in total. The molecular weight excluding hydrogens is 242 g/mol. The molecule has 0 heterocycles. The molecule has 0 saturated heterocycles. The summed E-state index contributed by atoms with van der Waals surface area (Å²) >= 11 is 0. The molecule has 2 atom stereocenters. The molecule has 1 amide bonds. The van der Waals surface area contributed by atoms with E-state index >= 15 is 0 Å². The minimum atomic E-state index is -0.576. The minimum absolute atomic E-state index is 0.131. The Labute approximate surface area is 114 Å². The van der Waals surface area contributed by atoms with Crippen LogP contribution in [0.4, 0.5) is 5.69 Å². The summed E-state index contributed by atoms with van der Waals surface area (Å²) in [6.07, 6.45) is 1.57. The lowest BCUT2D eigenvalue weighted by molar-refractivity contribution is -0.123. The lowest BCUT2D eigenvalue weighted by Crippen LogP contribution is -2.32. The third kappa shape index (κ3) is 4.56. The van der Waals surface area contributed by atoms with E-state index in [9.17, 15) is 9.90 Å². The molecule has 0 bridgehead atoms. The fourth-order valence-electron chi connectivity index (χ4n) is 2.04. The van der Waals surface area contributed by atoms with Crippen molar-refractivity contribution in [3.05, 3.63) is 24.3 Å². The summed E-state index contributed by atoms with van der Waals surface area (Å²) in [5, 5.41) is 12.8. The van der Waals surface area contributed by atoms with Crippen LogP contribution in [0, 0.1) is 5.92 Å². The SMILES string of the molecule is CCC[C@H](O)[C@@H](CC)C(=O)Nc1ccc(OC)cc1. The molecular formula is C15H23NO3. The van der Waals surface area contributed by atoms with Crippen molar-refractivity contribution in [2.45, 2.75) is 39.2 Å². The van der Waals surface area contributed by atoms with Gasteiger partial charge in [-0.1, -0.05) is 20.3 Å². The van der Waals surface area contributed by atoms with Crippen molar-refractivity contribution >= 4 is 11.6 Å². The number of hydrogen-bond donors (Lipinski definition) is 2. The summed E-state index contributed by atoms with van der Waals surface area (Å²) < 4.78 is 5.06. The highest BCUT2D eigenvalue weighted by Gasteiger charge is 2.24. The number of carbonyl (C=O) groups is 1. The average Bonchev–Trinajstić information content (AvgIpc) is 2.40. The second-order valence-electron chi connectivity index (χ2n) is 4.59. The third-order valence-corrected chi connectivity index (χ3v) is 3.18. The van der Waals surface area contributed by atoms with E-state index in [1.165, 1.54) is 0 Å². The number of hydrogen-bond acceptors (Lipinski definition) is 3. The van der Waals surface area contributed by atoms with Crippen LogP contribution in [0.1, 0.15) is 33.1 Å². The molecule has 19 heavy (non-hydrogen) atoms. The Kier molecular flexibility index (Phi) is 6.36. The zero-order valence-electron chi connectivity index (χ0n) is 11.8. The van der Waals surface area contributed by atoms with Crippen molar-refractivity contribution < 1.29 is 14.6 Å². The number of aliphatic hydroxyl groups excluding tert-OH is 1. The lowest BCUT2D eigenvalue weighted by atomic mass is 9.95. The third-order valence-electron chi connectivity index (χ3n) is 3.18. The fraction of sp³-hybridized carbons (Fsp3) is 0.533. The second kappa shape index (κ2) is 7.79. The van der Waals surface area contributed by atoms with Gasteiger partial charge in [0.2, 0.25) is 5.91 Å². The zero-order chi connectivity index (χ0) is 14.3. The van der Waals surface area contributed by atoms with E-state index in [4.69, 9.17) is 4.74 Å². The van der Waals surface area contributed by atoms with Gasteiger partial charge in [-0.25, -0.2) is 0 Å². The molecule has 1 aromatic carbocycles. The van der Waals surface area contributed by atoms with Crippen LogP contribution in [0.2, 0.25) is 0 Å². The van der Waals surface area contributed by atoms with Crippen LogP contribution in [-0.2, 0) is 4.79 Å². The number of aliphatic hydroxyl groups is 1. The molecule has 0 aliphatic carbocycles. The summed E-state index contributed by atoms with van der Waals surface area (Å²) in [6.45, 7) is 3.91. The Hall–Kier alpha value is -1.55. The standard InChI is InChI=1S/C15H23NO3/c1-4-6-14(17)13(5-2)15(18)16-11-7-9-12(19-3)10-8-11/h7-10,13-14,17H,4-6H2,1-3H3,(H,16,18)/t13-,14+/m1/s1. The monoisotopic (exact) mass is 265 g/mol. The predicted molar refractivity (Wildman–Crippen MR) is 76.3 cm³/mol. The number of amides is 1. The number of nitrogens with one attached hydrogen (secondary N) is 1. The maximum absolute atomic E-state index is 12.1. The van der Waals surface area contributed by atoms with Gasteiger partial charge in [0.25, 0.3) is 0 Å². The van der Waals surface area contributed by atoms with Gasteiger partial charge in [-0.15, -0.1) is 0 Å². The van der Waals surface area contributed by atoms with Gasteiger partial charge in [0.15, 0.2) is 0 Å². The molecule has 1 aromatic rings. The van der Waals surface area contributed by atoms with Crippen molar-refractivity contribution in [2.75, 3.05) is 12.4 Å². The van der Waals surface area contributed by atoms with Crippen LogP contribution in [0.3, 0.4) is 0 Å². The molecule has 106 valence electrons. The summed E-state index contributed by atoms with van der Waals surface area (Å²) in [6, 6.07) is 7.16. The molecule has 4 heteroatoms. The first-order chi connectivity index (χ1) is 9.12. The molecule has 0 spiro atoms. The van der Waals surface area contributed by atoms with Gasteiger partial charge in [-0.05, 0) is 37.1 Å². The van der Waals surface area contributed by atoms with Gasteiger partial charge in [-0.2, -0.15) is 0 Å². The Morgan fingerprint density at radius 1 is 1.32 bits per heavy atom. The van der Waals surface area contributed by atoms with E-state index in [1.54, 1.807) is 31.4 Å². The van der Waals surface area contributed by atoms with Crippen molar-refractivity contribution in [1.29, 1.82) is 0 Å². The van der Waals surface area contributed by atoms with E-state index in [2.05, 4.69) is 5.32 Å². The Balaban J connectivity index is 2.65. The number of methoxy groups -OCH3 is 1. The van der Waals surface area contributed by atoms with Crippen LogP contribution in [0.5, 0.6) is 5.75 Å². The first-order valence-corrected chi connectivity index (χ1v) is 6.75. The molecule has 0 aliphatic rings. The van der Waals surface area contributed by atoms with Crippen molar-refractivity contribution in [1.82, 2.24) is 0 Å². The molecule has 1 rings (SSSR count). The van der Waals surface area contributed by atoms with Gasteiger partial charge >= 0.3 is 0 Å². The molecule has 0 fully saturated rings. The van der Waals surface area contributed by atoms with Crippen molar-refractivity contribution in [2.24, 2.45) is 5.92 Å². The van der Waals surface area contributed by atoms with Crippen molar-refractivity contribution in [3.63, 3.8) is 0 Å². The van der Waals surface area contributed by atoms with Crippen LogP contribution >= 0.6 is 0 Å². The van der Waals surface area contributed by atoms with Gasteiger partial charge in [0.1, 0.15) is 5.75 Å². The smallest absolute Gasteiger partial charge is 0.230 e. The number of rotatable bonds is 7. The van der Waals surface area contributed by atoms with Crippen LogP contribution < -0.4 is 10.1 Å². The quantitative estimate of drug-likeness (QED) is 0.797. The Morgan fingerprint density at radius 3 is 2.42 bits per heavy atom. The lowest BCUT2D eigenvalue weighted by Gasteiger charge is -2.20. The summed E-state index contributed by atoms with van der Waals surface area (Å²) in [4.78, 5) is 12.1. The molecule has 2 N–H and O–H groups in total. The van der Waals surface area contributed by atoms with Gasteiger partial charge in [0.05, 0.1) is 19.1 Å². The Bertz CT molecular complexity index is 389. The predicted octanol–water partition coefficient (Wildman–Crippen LogP) is 2.82. The highest BCUT2D eigenvalue weighted by Crippen LogP contribution is 2.19. The maximum atomic E-state index is 12.1. The zero-order valence-corrected chi connectivity index (χ0v) is 11.8. The van der Waals surface area contributed by atoms with Gasteiger partial charge < -0.3 is 15.2 Å². The summed E-state index contributed by atoms with van der Waals surface area (Å²) in [5.74, 6) is 0.256. The first-order valence-electron chi connectivity index (χ1n) is 6.75. The highest BCUT2D eigenvalue weighted by atomic mass is 16.5. The molecule has 0 aliphatic heterocycles. The van der Waals surface area contributed by atoms with E-state index in [1.807, 2.05) is 13.8 Å². The highest BCUT2D eigenvalue weighted by molar-refractivity contribution is 5.92. The minimum Gasteiger partial charge on any atom is -0.497 e. The average molecular weight is 265 g/mol. The van der Waals surface area contributed by atoms with E-state index in [0.717, 1.165) is 12.2 Å². The van der Waals surface area contributed by atoms with E-state index < -0.39 is 6.10 Å². The van der Waals surface area contributed by atoms with Crippen LogP contribution in [0.25, 0.3) is 0 Å². The molecule has 0 aromatic heterocycles. The first kappa shape index (κ1) is 15.5. The van der Waals surface area contributed by atoms with Crippen molar-refractivity contribution in [3.8, 4) is 5.75 Å². The number of benzene rings is 1. The van der Waals surface area contributed by atoms with Gasteiger partial charge in [0, 0.05) is 5.69 Å². The summed E-state index contributed by atoms with van der Waals surface area (Å²) in [5.41, 5.74) is 0.716. The molecule has 0 unspecified atom stereocenters. The fourth-order valence-corrected chi connectivity index (χ4v) is 2.04. The maximum Gasteiger partial charge on any atom is 0.230 e. The topological polar surface area (TPSA) is 58.6 Å². The number of ether oxygens (including phenoxy) is 1. The van der Waals surface area contributed by atoms with E-state index in [-0.39, 0.29) is 11.8 Å². The van der Waals surface area contributed by atoms with Crippen LogP contribution in [0.15, 0.2) is 24.3 Å².